The van der Waals surface area contributed by atoms with Crippen LogP contribution in [0.2, 0.25) is 0 Å². The second kappa shape index (κ2) is 7.91. The van der Waals surface area contributed by atoms with Gasteiger partial charge in [0.15, 0.2) is 0 Å². The summed E-state index contributed by atoms with van der Waals surface area (Å²) in [5, 5.41) is 3.02. The van der Waals surface area contributed by atoms with E-state index in [4.69, 9.17) is 4.74 Å². The van der Waals surface area contributed by atoms with Gasteiger partial charge in [-0.15, -0.1) is 12.4 Å². The predicted molar refractivity (Wildman–Crippen MR) is 62.4 cm³/mol. The van der Waals surface area contributed by atoms with Gasteiger partial charge in [-0.05, 0) is 26.3 Å². The molecule has 1 fully saturated rings. The van der Waals surface area contributed by atoms with Gasteiger partial charge < -0.3 is 15.0 Å². The molecule has 1 aliphatic heterocycles. The largest absolute Gasteiger partial charge is 0.368 e. The van der Waals surface area contributed by atoms with Crippen LogP contribution in [0.5, 0.6) is 0 Å². The van der Waals surface area contributed by atoms with Crippen molar-refractivity contribution in [3.05, 3.63) is 0 Å². The summed E-state index contributed by atoms with van der Waals surface area (Å²) < 4.78 is 5.43. The van der Waals surface area contributed by atoms with E-state index in [1.54, 1.807) is 4.90 Å². The lowest BCUT2D eigenvalue weighted by Crippen LogP contribution is -2.42. The Labute approximate surface area is 97.8 Å². The minimum Gasteiger partial charge on any atom is -0.368 e. The Kier molecular flexibility index (Phi) is 7.74. The molecule has 15 heavy (non-hydrogen) atoms. The van der Waals surface area contributed by atoms with E-state index in [-0.39, 0.29) is 24.4 Å². The van der Waals surface area contributed by atoms with Gasteiger partial charge in [-0.1, -0.05) is 0 Å². The van der Waals surface area contributed by atoms with Gasteiger partial charge in [0.1, 0.15) is 6.10 Å². The SMILES string of the molecule is CNCCN(C)C(=O)C1CCCCO1.Cl. The molecule has 0 radical (unpaired) electrons. The summed E-state index contributed by atoms with van der Waals surface area (Å²) in [5.41, 5.74) is 0. The number of halogens is 1. The summed E-state index contributed by atoms with van der Waals surface area (Å²) in [7, 11) is 3.72. The predicted octanol–water partition coefficient (Wildman–Crippen LogP) is 0.655. The van der Waals surface area contributed by atoms with Gasteiger partial charge in [0.05, 0.1) is 0 Å². The molecule has 1 atom stereocenters. The molecule has 5 heteroatoms. The Balaban J connectivity index is 0.00000196. The van der Waals surface area contributed by atoms with Crippen molar-refractivity contribution in [1.82, 2.24) is 10.2 Å². The first-order chi connectivity index (χ1) is 6.75. The molecule has 0 aromatic heterocycles. The van der Waals surface area contributed by atoms with Crippen molar-refractivity contribution in [1.29, 1.82) is 0 Å². The summed E-state index contributed by atoms with van der Waals surface area (Å²) in [6.45, 7) is 2.31. The van der Waals surface area contributed by atoms with Crippen LogP contribution in [0.15, 0.2) is 0 Å². The van der Waals surface area contributed by atoms with Crippen molar-refractivity contribution < 1.29 is 9.53 Å². The number of carbonyl (C=O) groups is 1. The van der Waals surface area contributed by atoms with Gasteiger partial charge in [0.2, 0.25) is 0 Å². The number of nitrogens with zero attached hydrogens (tertiary/aromatic N) is 1. The van der Waals surface area contributed by atoms with Crippen molar-refractivity contribution in [3.8, 4) is 0 Å². The van der Waals surface area contributed by atoms with Crippen LogP contribution >= 0.6 is 12.4 Å². The second-order valence-corrected chi connectivity index (χ2v) is 3.72. The van der Waals surface area contributed by atoms with Crippen LogP contribution in [-0.2, 0) is 9.53 Å². The smallest absolute Gasteiger partial charge is 0.251 e. The van der Waals surface area contributed by atoms with Crippen molar-refractivity contribution in [2.45, 2.75) is 25.4 Å². The Morgan fingerprint density at radius 3 is 2.80 bits per heavy atom. The number of ether oxygens (including phenoxy) is 1. The lowest BCUT2D eigenvalue weighted by molar-refractivity contribution is -0.145. The third-order valence-electron chi connectivity index (χ3n) is 2.53. The first-order valence-corrected chi connectivity index (χ1v) is 5.27. The normalized spacial score (nSPS) is 20.5. The highest BCUT2D eigenvalue weighted by Gasteiger charge is 2.24. The Hall–Kier alpha value is -0.320. The van der Waals surface area contributed by atoms with Crippen molar-refractivity contribution in [3.63, 3.8) is 0 Å². The van der Waals surface area contributed by atoms with Crippen LogP contribution in [-0.4, -0.2) is 50.7 Å². The highest BCUT2D eigenvalue weighted by Crippen LogP contribution is 2.14. The minimum atomic E-state index is -0.189. The maximum atomic E-state index is 11.8. The van der Waals surface area contributed by atoms with E-state index in [2.05, 4.69) is 5.32 Å². The maximum absolute atomic E-state index is 11.8. The van der Waals surface area contributed by atoms with Crippen LogP contribution in [0.3, 0.4) is 0 Å². The molecule has 1 N–H and O–H groups in total. The first kappa shape index (κ1) is 14.7. The number of hydrogen-bond donors (Lipinski definition) is 1. The van der Waals surface area contributed by atoms with Gasteiger partial charge in [-0.2, -0.15) is 0 Å². The van der Waals surface area contributed by atoms with Crippen LogP contribution in [0.1, 0.15) is 19.3 Å². The summed E-state index contributed by atoms with van der Waals surface area (Å²) in [5.74, 6) is 0.125. The molecule has 1 unspecified atom stereocenters. The quantitative estimate of drug-likeness (QED) is 0.780. The molecule has 1 saturated heterocycles. The topological polar surface area (TPSA) is 41.6 Å². The third-order valence-corrected chi connectivity index (χ3v) is 2.53. The second-order valence-electron chi connectivity index (χ2n) is 3.72. The maximum Gasteiger partial charge on any atom is 0.251 e. The van der Waals surface area contributed by atoms with E-state index in [0.717, 1.165) is 39.0 Å². The van der Waals surface area contributed by atoms with Gasteiger partial charge in [0.25, 0.3) is 5.91 Å². The molecule has 1 heterocycles. The fourth-order valence-electron chi connectivity index (χ4n) is 1.57. The summed E-state index contributed by atoms with van der Waals surface area (Å²) in [6, 6.07) is 0. The molecule has 4 nitrogen and oxygen atoms in total. The zero-order valence-corrected chi connectivity index (χ0v) is 10.3. The monoisotopic (exact) mass is 236 g/mol. The average molecular weight is 237 g/mol. The minimum absolute atomic E-state index is 0. The standard InChI is InChI=1S/C10H20N2O2.ClH/c1-11-6-7-12(2)10(13)9-5-3-4-8-14-9;/h9,11H,3-8H2,1-2H3;1H. The van der Waals surface area contributed by atoms with E-state index < -0.39 is 0 Å². The Bertz CT molecular complexity index is 184. The fourth-order valence-corrected chi connectivity index (χ4v) is 1.57. The summed E-state index contributed by atoms with van der Waals surface area (Å²) in [4.78, 5) is 13.5. The van der Waals surface area contributed by atoms with Crippen LogP contribution in [0, 0.1) is 0 Å². The van der Waals surface area contributed by atoms with Gasteiger partial charge in [-0.25, -0.2) is 0 Å². The van der Waals surface area contributed by atoms with Crippen molar-refractivity contribution in [2.24, 2.45) is 0 Å². The number of likely N-dealkylation sites (N-methyl/N-ethyl adjacent to an activating group) is 2. The number of hydrogen-bond acceptors (Lipinski definition) is 3. The third kappa shape index (κ3) is 4.82. The first-order valence-electron chi connectivity index (χ1n) is 5.27. The van der Waals surface area contributed by atoms with Gasteiger partial charge in [0, 0.05) is 26.7 Å². The molecule has 0 spiro atoms. The molecule has 90 valence electrons. The number of amides is 1. The zero-order valence-electron chi connectivity index (χ0n) is 9.49. The molecule has 1 amide bonds. The number of rotatable bonds is 4. The fraction of sp³-hybridized carbons (Fsp3) is 0.900. The average Bonchev–Trinajstić information content (AvgIpc) is 2.26. The zero-order chi connectivity index (χ0) is 10.4. The van der Waals surface area contributed by atoms with Crippen LogP contribution in [0.4, 0.5) is 0 Å². The van der Waals surface area contributed by atoms with E-state index in [1.165, 1.54) is 0 Å². The molecule has 0 saturated carbocycles. The molecule has 1 rings (SSSR count). The van der Waals surface area contributed by atoms with E-state index in [0.29, 0.717) is 0 Å². The van der Waals surface area contributed by atoms with Gasteiger partial charge >= 0.3 is 0 Å². The molecular formula is C10H21ClN2O2. The number of carbonyl (C=O) groups excluding carboxylic acids is 1. The van der Waals surface area contributed by atoms with E-state index in [9.17, 15) is 4.79 Å². The Morgan fingerprint density at radius 1 is 1.53 bits per heavy atom. The summed E-state index contributed by atoms with van der Waals surface area (Å²) in [6.07, 6.45) is 2.88. The highest BCUT2D eigenvalue weighted by atomic mass is 35.5. The molecule has 0 aliphatic carbocycles. The molecule has 0 aromatic carbocycles. The number of nitrogens with one attached hydrogen (secondary N) is 1. The van der Waals surface area contributed by atoms with E-state index in [1.807, 2.05) is 14.1 Å². The molecule has 1 aliphatic rings. The van der Waals surface area contributed by atoms with Crippen LogP contribution < -0.4 is 5.32 Å². The Morgan fingerprint density at radius 2 is 2.27 bits per heavy atom. The molecule has 0 aromatic rings. The van der Waals surface area contributed by atoms with E-state index >= 15 is 0 Å². The molecular weight excluding hydrogens is 216 g/mol. The van der Waals surface area contributed by atoms with Crippen molar-refractivity contribution in [2.75, 3.05) is 33.8 Å². The highest BCUT2D eigenvalue weighted by molar-refractivity contribution is 5.85. The summed E-state index contributed by atoms with van der Waals surface area (Å²) >= 11 is 0. The van der Waals surface area contributed by atoms with Crippen molar-refractivity contribution >= 4 is 18.3 Å². The van der Waals surface area contributed by atoms with Crippen LogP contribution in [0.25, 0.3) is 0 Å². The lowest BCUT2D eigenvalue weighted by Gasteiger charge is -2.26. The van der Waals surface area contributed by atoms with Gasteiger partial charge in [-0.3, -0.25) is 4.79 Å². The lowest BCUT2D eigenvalue weighted by atomic mass is 10.1. The molecule has 0 bridgehead atoms.